The highest BCUT2D eigenvalue weighted by molar-refractivity contribution is 5.28. The lowest BCUT2D eigenvalue weighted by Gasteiger charge is -2.16. The van der Waals surface area contributed by atoms with Gasteiger partial charge in [0.15, 0.2) is 0 Å². The zero-order chi connectivity index (χ0) is 10.4. The Labute approximate surface area is 81.8 Å². The standard InChI is InChI=1S/C12H20O/c1-7-11(9(3)4)12(8-2)13-10(5)6/h7-10H,1-2H2,3-6H3/b12-11-. The van der Waals surface area contributed by atoms with E-state index in [1.54, 1.807) is 6.08 Å². The summed E-state index contributed by atoms with van der Waals surface area (Å²) in [5, 5.41) is 0. The number of hydrogen-bond donors (Lipinski definition) is 0. The first-order valence-corrected chi connectivity index (χ1v) is 4.68. The minimum absolute atomic E-state index is 0.182. The molecule has 0 bridgehead atoms. The third-order valence-corrected chi connectivity index (χ3v) is 1.67. The highest BCUT2D eigenvalue weighted by Crippen LogP contribution is 2.18. The van der Waals surface area contributed by atoms with Gasteiger partial charge in [0.1, 0.15) is 5.76 Å². The third-order valence-electron chi connectivity index (χ3n) is 1.67. The minimum atomic E-state index is 0.182. The van der Waals surface area contributed by atoms with Crippen LogP contribution in [0.5, 0.6) is 0 Å². The fourth-order valence-electron chi connectivity index (χ4n) is 1.11. The molecule has 0 N–H and O–H groups in total. The molecule has 0 fully saturated rings. The van der Waals surface area contributed by atoms with Crippen molar-refractivity contribution in [1.82, 2.24) is 0 Å². The van der Waals surface area contributed by atoms with Gasteiger partial charge in [-0.2, -0.15) is 0 Å². The molecule has 0 aliphatic heterocycles. The second kappa shape index (κ2) is 5.63. The number of allylic oxidation sites excluding steroid dienone is 3. The van der Waals surface area contributed by atoms with Gasteiger partial charge in [0, 0.05) is 0 Å². The van der Waals surface area contributed by atoms with Crippen LogP contribution in [-0.2, 0) is 4.74 Å². The number of ether oxygens (including phenoxy) is 1. The molecule has 13 heavy (non-hydrogen) atoms. The van der Waals surface area contributed by atoms with Crippen LogP contribution in [0.4, 0.5) is 0 Å². The van der Waals surface area contributed by atoms with E-state index in [0.29, 0.717) is 5.92 Å². The first-order chi connectivity index (χ1) is 6.02. The van der Waals surface area contributed by atoms with E-state index in [9.17, 15) is 0 Å². The molecule has 0 aliphatic carbocycles. The Morgan fingerprint density at radius 3 is 1.85 bits per heavy atom. The molecule has 0 spiro atoms. The largest absolute Gasteiger partial charge is 0.491 e. The highest BCUT2D eigenvalue weighted by atomic mass is 16.5. The molecule has 0 aromatic carbocycles. The van der Waals surface area contributed by atoms with Crippen molar-refractivity contribution in [2.24, 2.45) is 5.92 Å². The molecule has 0 heterocycles. The second-order valence-corrected chi connectivity index (χ2v) is 3.55. The average molecular weight is 180 g/mol. The summed E-state index contributed by atoms with van der Waals surface area (Å²) in [5.74, 6) is 1.27. The van der Waals surface area contributed by atoms with Gasteiger partial charge in [0.2, 0.25) is 0 Å². The lowest BCUT2D eigenvalue weighted by Crippen LogP contribution is -2.05. The van der Waals surface area contributed by atoms with Crippen LogP contribution >= 0.6 is 0 Å². The van der Waals surface area contributed by atoms with Crippen molar-refractivity contribution in [3.63, 3.8) is 0 Å². The van der Waals surface area contributed by atoms with Crippen LogP contribution < -0.4 is 0 Å². The fourth-order valence-corrected chi connectivity index (χ4v) is 1.11. The van der Waals surface area contributed by atoms with Crippen molar-refractivity contribution in [1.29, 1.82) is 0 Å². The van der Waals surface area contributed by atoms with E-state index in [-0.39, 0.29) is 6.10 Å². The van der Waals surface area contributed by atoms with Gasteiger partial charge in [-0.05, 0) is 31.4 Å². The van der Waals surface area contributed by atoms with Crippen LogP contribution in [0.2, 0.25) is 0 Å². The molecule has 0 amide bonds. The summed E-state index contributed by atoms with van der Waals surface area (Å²) in [7, 11) is 0. The summed E-state index contributed by atoms with van der Waals surface area (Å²) in [6.45, 7) is 15.7. The molecule has 0 aromatic rings. The molecule has 0 saturated carbocycles. The van der Waals surface area contributed by atoms with Crippen LogP contribution in [-0.4, -0.2) is 6.10 Å². The number of hydrogen-bond acceptors (Lipinski definition) is 1. The fraction of sp³-hybridized carbons (Fsp3) is 0.500. The molecule has 0 aromatic heterocycles. The van der Waals surface area contributed by atoms with Gasteiger partial charge >= 0.3 is 0 Å². The lowest BCUT2D eigenvalue weighted by molar-refractivity contribution is 0.154. The van der Waals surface area contributed by atoms with Crippen molar-refractivity contribution in [3.8, 4) is 0 Å². The Hall–Kier alpha value is -0.980. The maximum absolute atomic E-state index is 5.60. The maximum Gasteiger partial charge on any atom is 0.122 e. The highest BCUT2D eigenvalue weighted by Gasteiger charge is 2.07. The van der Waals surface area contributed by atoms with Gasteiger partial charge in [0.05, 0.1) is 6.10 Å². The van der Waals surface area contributed by atoms with Crippen molar-refractivity contribution in [3.05, 3.63) is 36.6 Å². The Morgan fingerprint density at radius 1 is 1.08 bits per heavy atom. The lowest BCUT2D eigenvalue weighted by atomic mass is 10.0. The van der Waals surface area contributed by atoms with Crippen LogP contribution in [0.1, 0.15) is 27.7 Å². The predicted octanol–water partition coefficient (Wildman–Crippen LogP) is 3.69. The molecule has 0 atom stereocenters. The first kappa shape index (κ1) is 12.0. The Bertz CT molecular complexity index is 209. The van der Waals surface area contributed by atoms with Crippen molar-refractivity contribution < 1.29 is 4.74 Å². The van der Waals surface area contributed by atoms with Gasteiger partial charge in [-0.3, -0.25) is 0 Å². The molecule has 0 rings (SSSR count). The van der Waals surface area contributed by atoms with Crippen LogP contribution in [0.3, 0.4) is 0 Å². The molecular weight excluding hydrogens is 160 g/mol. The summed E-state index contributed by atoms with van der Waals surface area (Å²) < 4.78 is 5.60. The van der Waals surface area contributed by atoms with Gasteiger partial charge in [-0.25, -0.2) is 0 Å². The minimum Gasteiger partial charge on any atom is -0.491 e. The van der Waals surface area contributed by atoms with Gasteiger partial charge < -0.3 is 4.74 Å². The van der Waals surface area contributed by atoms with Crippen LogP contribution in [0.25, 0.3) is 0 Å². The molecular formula is C12H20O. The van der Waals surface area contributed by atoms with Crippen molar-refractivity contribution >= 4 is 0 Å². The zero-order valence-corrected chi connectivity index (χ0v) is 9.13. The molecule has 0 radical (unpaired) electrons. The molecule has 0 saturated heterocycles. The Balaban J connectivity index is 4.82. The summed E-state index contributed by atoms with van der Waals surface area (Å²) in [4.78, 5) is 0. The molecule has 74 valence electrons. The predicted molar refractivity (Wildman–Crippen MR) is 58.5 cm³/mol. The van der Waals surface area contributed by atoms with E-state index >= 15 is 0 Å². The Kier molecular flexibility index (Phi) is 5.20. The van der Waals surface area contributed by atoms with Crippen LogP contribution in [0.15, 0.2) is 36.6 Å². The molecule has 1 heteroatoms. The van der Waals surface area contributed by atoms with E-state index in [4.69, 9.17) is 4.74 Å². The van der Waals surface area contributed by atoms with E-state index in [1.165, 1.54) is 0 Å². The number of rotatable bonds is 5. The third kappa shape index (κ3) is 3.97. The summed E-state index contributed by atoms with van der Waals surface area (Å²) in [5.41, 5.74) is 1.11. The average Bonchev–Trinajstić information content (AvgIpc) is 2.02. The van der Waals surface area contributed by atoms with Crippen LogP contribution in [0, 0.1) is 5.92 Å². The maximum atomic E-state index is 5.60. The van der Waals surface area contributed by atoms with Crippen molar-refractivity contribution in [2.45, 2.75) is 33.8 Å². The second-order valence-electron chi connectivity index (χ2n) is 3.55. The summed E-state index contributed by atoms with van der Waals surface area (Å²) in [6.07, 6.45) is 3.77. The van der Waals surface area contributed by atoms with E-state index in [2.05, 4.69) is 27.0 Å². The summed E-state index contributed by atoms with van der Waals surface area (Å²) in [6, 6.07) is 0. The summed E-state index contributed by atoms with van der Waals surface area (Å²) >= 11 is 0. The van der Waals surface area contributed by atoms with E-state index < -0.39 is 0 Å². The van der Waals surface area contributed by atoms with Gasteiger partial charge in [-0.1, -0.05) is 33.1 Å². The topological polar surface area (TPSA) is 9.23 Å². The normalized spacial score (nSPS) is 12.8. The van der Waals surface area contributed by atoms with E-state index in [0.717, 1.165) is 11.3 Å². The van der Waals surface area contributed by atoms with Gasteiger partial charge in [-0.15, -0.1) is 0 Å². The monoisotopic (exact) mass is 180 g/mol. The SMILES string of the molecule is C=C/C(OC(C)C)=C(\C=C)C(C)C. The quantitative estimate of drug-likeness (QED) is 0.463. The van der Waals surface area contributed by atoms with Crippen molar-refractivity contribution in [2.75, 3.05) is 0 Å². The van der Waals surface area contributed by atoms with Gasteiger partial charge in [0.25, 0.3) is 0 Å². The molecule has 0 unspecified atom stereocenters. The molecule has 0 aliphatic rings. The van der Waals surface area contributed by atoms with E-state index in [1.807, 2.05) is 19.9 Å². The zero-order valence-electron chi connectivity index (χ0n) is 9.13. The Morgan fingerprint density at radius 2 is 1.62 bits per heavy atom. The smallest absolute Gasteiger partial charge is 0.122 e. The molecule has 1 nitrogen and oxygen atoms in total. The first-order valence-electron chi connectivity index (χ1n) is 4.68.